The summed E-state index contributed by atoms with van der Waals surface area (Å²) in [6.07, 6.45) is 1.59. The normalized spacial score (nSPS) is 11.0. The van der Waals surface area contributed by atoms with Crippen LogP contribution >= 0.6 is 27.3 Å². The molecule has 0 unspecified atom stereocenters. The Kier molecular flexibility index (Phi) is 4.07. The Balaban J connectivity index is 1.82. The first-order chi connectivity index (χ1) is 10.2. The summed E-state index contributed by atoms with van der Waals surface area (Å²) < 4.78 is 6.40. The fourth-order valence-corrected chi connectivity index (χ4v) is 3.14. The fourth-order valence-electron chi connectivity index (χ4n) is 2.02. The molecule has 2 N–H and O–H groups in total. The van der Waals surface area contributed by atoms with Gasteiger partial charge < -0.3 is 10.3 Å². The second-order valence-electron chi connectivity index (χ2n) is 4.66. The molecule has 3 rings (SSSR count). The van der Waals surface area contributed by atoms with Crippen molar-refractivity contribution in [2.24, 2.45) is 0 Å². The Labute approximate surface area is 135 Å². The molecular formula is C15H14BrN3OS. The minimum absolute atomic E-state index is 0.496. The van der Waals surface area contributed by atoms with Crippen molar-refractivity contribution in [1.82, 2.24) is 10.1 Å². The number of benzene rings is 1. The summed E-state index contributed by atoms with van der Waals surface area (Å²) in [6.45, 7) is 2.10. The van der Waals surface area contributed by atoms with E-state index < -0.39 is 0 Å². The molecule has 0 aliphatic heterocycles. The maximum absolute atomic E-state index is 6.01. The van der Waals surface area contributed by atoms with Gasteiger partial charge in [0, 0.05) is 15.8 Å². The van der Waals surface area contributed by atoms with Gasteiger partial charge in [-0.15, -0.1) is 11.3 Å². The van der Waals surface area contributed by atoms with Crippen molar-refractivity contribution in [1.29, 1.82) is 0 Å². The lowest BCUT2D eigenvalue weighted by Gasteiger charge is -1.96. The summed E-state index contributed by atoms with van der Waals surface area (Å²) in [4.78, 5) is 5.66. The molecule has 0 aliphatic carbocycles. The van der Waals surface area contributed by atoms with Gasteiger partial charge in [0.2, 0.25) is 0 Å². The summed E-state index contributed by atoms with van der Waals surface area (Å²) in [5, 5.41) is 4.77. The molecule has 0 spiro atoms. The average molecular weight is 364 g/mol. The van der Waals surface area contributed by atoms with Gasteiger partial charge in [-0.3, -0.25) is 0 Å². The molecule has 0 atom stereocenters. The first-order valence-electron chi connectivity index (χ1n) is 6.61. The summed E-state index contributed by atoms with van der Waals surface area (Å²) >= 11 is 4.99. The molecule has 0 aliphatic rings. The van der Waals surface area contributed by atoms with Crippen molar-refractivity contribution in [2.45, 2.75) is 19.8 Å². The van der Waals surface area contributed by atoms with E-state index in [-0.39, 0.29) is 0 Å². The minimum Gasteiger partial charge on any atom is -0.390 e. The van der Waals surface area contributed by atoms with Crippen LogP contribution in [0.15, 0.2) is 39.3 Å². The highest BCUT2D eigenvalue weighted by molar-refractivity contribution is 9.10. The number of nitrogen functional groups attached to an aromatic ring is 1. The van der Waals surface area contributed by atoms with E-state index in [0.29, 0.717) is 18.1 Å². The lowest BCUT2D eigenvalue weighted by atomic mass is 10.1. The number of hydrogen-bond donors (Lipinski definition) is 1. The van der Waals surface area contributed by atoms with Crippen molar-refractivity contribution >= 4 is 32.3 Å². The highest BCUT2D eigenvalue weighted by Gasteiger charge is 2.15. The summed E-state index contributed by atoms with van der Waals surface area (Å²) in [5.74, 6) is 1.16. The first-order valence-corrected chi connectivity index (χ1v) is 8.22. The standard InChI is InChI=1S/C15H14BrN3OS/c1-2-11-8-12(14(17)21-11)15-18-13(19-20-15)7-9-3-5-10(16)6-4-9/h3-6,8H,2,7,17H2,1H3. The molecule has 21 heavy (non-hydrogen) atoms. The van der Waals surface area contributed by atoms with Crippen LogP contribution in [0.2, 0.25) is 0 Å². The third kappa shape index (κ3) is 3.16. The molecule has 2 aromatic heterocycles. The summed E-state index contributed by atoms with van der Waals surface area (Å²) in [5.41, 5.74) is 7.99. The molecule has 6 heteroatoms. The summed E-state index contributed by atoms with van der Waals surface area (Å²) in [6, 6.07) is 10.1. The van der Waals surface area contributed by atoms with Gasteiger partial charge in [-0.05, 0) is 30.2 Å². The highest BCUT2D eigenvalue weighted by atomic mass is 79.9. The molecule has 4 nitrogen and oxygen atoms in total. The molecule has 108 valence electrons. The van der Waals surface area contributed by atoms with Crippen LogP contribution in [-0.4, -0.2) is 10.1 Å². The largest absolute Gasteiger partial charge is 0.390 e. The average Bonchev–Trinajstić information content (AvgIpc) is 3.07. The van der Waals surface area contributed by atoms with Crippen LogP contribution in [0.4, 0.5) is 5.00 Å². The lowest BCUT2D eigenvalue weighted by Crippen LogP contribution is -1.90. The minimum atomic E-state index is 0.496. The number of anilines is 1. The number of halogens is 1. The van der Waals surface area contributed by atoms with Gasteiger partial charge in [-0.1, -0.05) is 40.1 Å². The number of nitrogens with two attached hydrogens (primary N) is 1. The van der Waals surface area contributed by atoms with E-state index in [0.717, 1.165) is 27.0 Å². The second kappa shape index (κ2) is 5.99. The van der Waals surface area contributed by atoms with Crippen LogP contribution in [0.1, 0.15) is 23.2 Å². The van der Waals surface area contributed by atoms with E-state index in [2.05, 4.69) is 33.0 Å². The van der Waals surface area contributed by atoms with Crippen LogP contribution < -0.4 is 5.73 Å². The van der Waals surface area contributed by atoms with Crippen LogP contribution in [0.25, 0.3) is 11.5 Å². The van der Waals surface area contributed by atoms with E-state index in [4.69, 9.17) is 10.3 Å². The number of thiophene rings is 1. The zero-order valence-corrected chi connectivity index (χ0v) is 13.9. The molecule has 0 amide bonds. The maximum Gasteiger partial charge on any atom is 0.260 e. The lowest BCUT2D eigenvalue weighted by molar-refractivity contribution is 0.424. The Morgan fingerprint density at radius 3 is 2.71 bits per heavy atom. The maximum atomic E-state index is 6.01. The smallest absolute Gasteiger partial charge is 0.260 e. The van der Waals surface area contributed by atoms with Gasteiger partial charge in [0.05, 0.1) is 10.6 Å². The van der Waals surface area contributed by atoms with Gasteiger partial charge in [-0.25, -0.2) is 0 Å². The van der Waals surface area contributed by atoms with Crippen LogP contribution in [0.5, 0.6) is 0 Å². The summed E-state index contributed by atoms with van der Waals surface area (Å²) in [7, 11) is 0. The van der Waals surface area contributed by atoms with E-state index in [1.165, 1.54) is 4.88 Å². The van der Waals surface area contributed by atoms with Crippen molar-refractivity contribution in [3.8, 4) is 11.5 Å². The quantitative estimate of drug-likeness (QED) is 0.750. The molecule has 1 aromatic carbocycles. The fraction of sp³-hybridized carbons (Fsp3) is 0.200. The van der Waals surface area contributed by atoms with Crippen LogP contribution in [0.3, 0.4) is 0 Å². The molecule has 2 heterocycles. The number of nitrogens with zero attached hydrogens (tertiary/aromatic N) is 2. The molecule has 0 bridgehead atoms. The van der Waals surface area contributed by atoms with Crippen molar-refractivity contribution in [2.75, 3.05) is 5.73 Å². The zero-order chi connectivity index (χ0) is 14.8. The molecular weight excluding hydrogens is 350 g/mol. The van der Waals surface area contributed by atoms with E-state index >= 15 is 0 Å². The zero-order valence-electron chi connectivity index (χ0n) is 11.5. The molecule has 0 saturated heterocycles. The van der Waals surface area contributed by atoms with Gasteiger partial charge in [0.1, 0.15) is 0 Å². The van der Waals surface area contributed by atoms with E-state index in [1.54, 1.807) is 11.3 Å². The molecule has 0 saturated carbocycles. The number of hydrogen-bond acceptors (Lipinski definition) is 5. The highest BCUT2D eigenvalue weighted by Crippen LogP contribution is 2.33. The second-order valence-corrected chi connectivity index (χ2v) is 6.75. The molecule has 3 aromatic rings. The van der Waals surface area contributed by atoms with E-state index in [1.807, 2.05) is 30.3 Å². The SMILES string of the molecule is CCc1cc(-c2nc(Cc3ccc(Br)cc3)no2)c(N)s1. The third-order valence-electron chi connectivity index (χ3n) is 3.13. The van der Waals surface area contributed by atoms with E-state index in [9.17, 15) is 0 Å². The van der Waals surface area contributed by atoms with Crippen molar-refractivity contribution < 1.29 is 4.52 Å². The van der Waals surface area contributed by atoms with Gasteiger partial charge in [-0.2, -0.15) is 4.98 Å². The number of rotatable bonds is 4. The van der Waals surface area contributed by atoms with Gasteiger partial charge >= 0.3 is 0 Å². The Bertz CT molecular complexity index is 749. The Hall–Kier alpha value is -1.66. The predicted molar refractivity (Wildman–Crippen MR) is 88.3 cm³/mol. The Morgan fingerprint density at radius 1 is 1.29 bits per heavy atom. The monoisotopic (exact) mass is 363 g/mol. The molecule has 0 fully saturated rings. The number of aromatic nitrogens is 2. The topological polar surface area (TPSA) is 64.9 Å². The number of aryl methyl sites for hydroxylation is 1. The van der Waals surface area contributed by atoms with Crippen LogP contribution in [-0.2, 0) is 12.8 Å². The predicted octanol–water partition coefficient (Wildman–Crippen LogP) is 4.30. The van der Waals surface area contributed by atoms with Gasteiger partial charge in [0.25, 0.3) is 5.89 Å². The third-order valence-corrected chi connectivity index (χ3v) is 4.77. The first kappa shape index (κ1) is 14.3. The molecule has 0 radical (unpaired) electrons. The van der Waals surface area contributed by atoms with Crippen LogP contribution in [0, 0.1) is 0 Å². The van der Waals surface area contributed by atoms with Crippen molar-refractivity contribution in [3.05, 3.63) is 51.1 Å². The Morgan fingerprint density at radius 2 is 2.05 bits per heavy atom. The van der Waals surface area contributed by atoms with Crippen molar-refractivity contribution in [3.63, 3.8) is 0 Å². The van der Waals surface area contributed by atoms with Gasteiger partial charge in [0.15, 0.2) is 5.82 Å².